The van der Waals surface area contributed by atoms with Gasteiger partial charge in [0.1, 0.15) is 5.82 Å². The van der Waals surface area contributed by atoms with E-state index in [1.807, 2.05) is 41.5 Å². The van der Waals surface area contributed by atoms with Gasteiger partial charge in [-0.2, -0.15) is 9.97 Å². The fourth-order valence-corrected chi connectivity index (χ4v) is 6.23. The van der Waals surface area contributed by atoms with Crippen LogP contribution in [0.4, 0.5) is 10.1 Å². The number of aromatic nitrogens is 5. The second-order valence-corrected chi connectivity index (χ2v) is 12.3. The van der Waals surface area contributed by atoms with Gasteiger partial charge in [-0.3, -0.25) is 4.79 Å². The molecule has 5 rings (SSSR count). The van der Waals surface area contributed by atoms with E-state index >= 15 is 4.39 Å². The minimum absolute atomic E-state index is 0.134. The number of pyridine rings is 1. The Kier molecular flexibility index (Phi) is 8.93. The average Bonchev–Trinajstić information content (AvgIpc) is 3.01. The van der Waals surface area contributed by atoms with Gasteiger partial charge in [-0.05, 0) is 43.9 Å². The monoisotopic (exact) mass is 633 g/mol. The van der Waals surface area contributed by atoms with Gasteiger partial charge in [0.15, 0.2) is 5.65 Å². The molecule has 4 aromatic rings. The third kappa shape index (κ3) is 5.65. The Bertz CT molecular complexity index is 1830. The van der Waals surface area contributed by atoms with Crippen LogP contribution in [0.5, 0.6) is 6.01 Å². The molecule has 0 unspecified atom stereocenters. The van der Waals surface area contributed by atoms with Crippen molar-refractivity contribution >= 4 is 34.2 Å². The minimum atomic E-state index is -0.594. The molecule has 1 aromatic carbocycles. The molecule has 236 valence electrons. The molecule has 0 N–H and O–H groups in total. The standard InChI is InChI=1S/C33H37ClFN7O3/c1-9-24(43)40-15-20(7)41(16-19(40)6)29-22-14-36-33(44)42(30-26(17(2)3)38-32(45-8)39-27(30)18(4)5)31(22)37-28(25(29)34)21-12-10-11-13-23(21)35/h9-14,17-20H,1,15-16H2,2-8H3/t19-,20+/m1/s1. The van der Waals surface area contributed by atoms with Crippen LogP contribution in [0.1, 0.15) is 64.8 Å². The van der Waals surface area contributed by atoms with Crippen molar-refractivity contribution < 1.29 is 13.9 Å². The van der Waals surface area contributed by atoms with Gasteiger partial charge < -0.3 is 14.5 Å². The first-order valence-electron chi connectivity index (χ1n) is 14.9. The van der Waals surface area contributed by atoms with E-state index in [2.05, 4.69) is 26.4 Å². The molecule has 1 aliphatic heterocycles. The number of rotatable bonds is 7. The summed E-state index contributed by atoms with van der Waals surface area (Å²) >= 11 is 7.18. The average molecular weight is 634 g/mol. The van der Waals surface area contributed by atoms with Crippen molar-refractivity contribution in [1.29, 1.82) is 0 Å². The number of hydrogen-bond acceptors (Lipinski definition) is 8. The van der Waals surface area contributed by atoms with Crippen LogP contribution < -0.4 is 15.3 Å². The van der Waals surface area contributed by atoms with E-state index in [1.165, 1.54) is 30.0 Å². The molecule has 1 amide bonds. The third-order valence-corrected chi connectivity index (χ3v) is 8.47. The lowest BCUT2D eigenvalue weighted by atomic mass is 10.0. The van der Waals surface area contributed by atoms with Crippen LogP contribution in [0.15, 0.2) is 47.9 Å². The molecule has 3 aromatic heterocycles. The predicted octanol–water partition coefficient (Wildman–Crippen LogP) is 5.90. The summed E-state index contributed by atoms with van der Waals surface area (Å²) in [5.74, 6) is -0.943. The second kappa shape index (κ2) is 12.5. The highest BCUT2D eigenvalue weighted by Crippen LogP contribution is 2.43. The highest BCUT2D eigenvalue weighted by atomic mass is 35.5. The quantitative estimate of drug-likeness (QED) is 0.232. The molecule has 1 fully saturated rings. The van der Waals surface area contributed by atoms with E-state index in [4.69, 9.17) is 21.3 Å². The van der Waals surface area contributed by atoms with Crippen LogP contribution in [0, 0.1) is 5.82 Å². The zero-order valence-electron chi connectivity index (χ0n) is 26.5. The molecule has 0 radical (unpaired) electrons. The van der Waals surface area contributed by atoms with Gasteiger partial charge >= 0.3 is 11.7 Å². The fraction of sp³-hybridized carbons (Fsp3) is 0.394. The normalized spacial score (nSPS) is 17.0. The molecule has 0 saturated carbocycles. The van der Waals surface area contributed by atoms with E-state index in [9.17, 15) is 9.59 Å². The summed E-state index contributed by atoms with van der Waals surface area (Å²) in [6.45, 7) is 16.2. The summed E-state index contributed by atoms with van der Waals surface area (Å²) in [6.07, 6.45) is 2.77. The zero-order chi connectivity index (χ0) is 32.7. The molecular weight excluding hydrogens is 597 g/mol. The van der Waals surface area contributed by atoms with Crippen molar-refractivity contribution in [3.05, 3.63) is 75.8 Å². The molecular formula is C33H37ClFN7O3. The Balaban J connectivity index is 1.91. The number of piperazine rings is 1. The molecule has 1 saturated heterocycles. The van der Waals surface area contributed by atoms with Crippen LogP contribution >= 0.6 is 11.6 Å². The lowest BCUT2D eigenvalue weighted by Crippen LogP contribution is -2.58. The van der Waals surface area contributed by atoms with Gasteiger partial charge in [-0.15, -0.1) is 0 Å². The molecule has 12 heteroatoms. The molecule has 10 nitrogen and oxygen atoms in total. The lowest BCUT2D eigenvalue weighted by molar-refractivity contribution is -0.128. The summed E-state index contributed by atoms with van der Waals surface area (Å²) in [4.78, 5) is 48.8. The Morgan fingerprint density at radius 2 is 1.69 bits per heavy atom. The maximum absolute atomic E-state index is 15.4. The predicted molar refractivity (Wildman–Crippen MR) is 174 cm³/mol. The number of anilines is 1. The zero-order valence-corrected chi connectivity index (χ0v) is 27.3. The summed E-state index contributed by atoms with van der Waals surface area (Å²) in [5, 5.41) is 0.698. The van der Waals surface area contributed by atoms with Gasteiger partial charge in [0.05, 0.1) is 46.0 Å². The van der Waals surface area contributed by atoms with Gasteiger partial charge in [0, 0.05) is 36.9 Å². The van der Waals surface area contributed by atoms with Crippen LogP contribution in [0.3, 0.4) is 0 Å². The number of carbonyl (C=O) groups is 1. The van der Waals surface area contributed by atoms with E-state index < -0.39 is 11.5 Å². The largest absolute Gasteiger partial charge is 0.467 e. The Labute approximate surface area is 266 Å². The molecule has 1 aliphatic rings. The summed E-state index contributed by atoms with van der Waals surface area (Å²) in [7, 11) is 1.50. The smallest absolute Gasteiger partial charge is 0.353 e. The topological polar surface area (TPSA) is 106 Å². The van der Waals surface area contributed by atoms with E-state index in [-0.39, 0.29) is 57.8 Å². The van der Waals surface area contributed by atoms with Gasteiger partial charge in [0.25, 0.3) is 0 Å². The molecule has 2 atom stereocenters. The first-order chi connectivity index (χ1) is 21.4. The number of benzene rings is 1. The second-order valence-electron chi connectivity index (χ2n) is 11.9. The molecule has 0 bridgehead atoms. The summed E-state index contributed by atoms with van der Waals surface area (Å²) < 4.78 is 22.2. The van der Waals surface area contributed by atoms with Crippen molar-refractivity contribution in [1.82, 2.24) is 29.4 Å². The summed E-state index contributed by atoms with van der Waals surface area (Å²) in [5.41, 5.74) is 2.13. The first-order valence-corrected chi connectivity index (χ1v) is 15.3. The Morgan fingerprint density at radius 1 is 1.04 bits per heavy atom. The molecule has 0 spiro atoms. The van der Waals surface area contributed by atoms with Crippen LogP contribution in [0.25, 0.3) is 28.0 Å². The van der Waals surface area contributed by atoms with Gasteiger partial charge in [-0.25, -0.2) is 23.7 Å². The van der Waals surface area contributed by atoms with Crippen molar-refractivity contribution in [2.24, 2.45) is 0 Å². The number of halogens is 2. The summed E-state index contributed by atoms with van der Waals surface area (Å²) in [6, 6.07) is 6.02. The van der Waals surface area contributed by atoms with Crippen LogP contribution in [-0.2, 0) is 4.79 Å². The number of carbonyl (C=O) groups excluding carboxylic acids is 1. The Morgan fingerprint density at radius 3 is 2.27 bits per heavy atom. The fourth-order valence-electron chi connectivity index (χ4n) is 5.88. The lowest BCUT2D eigenvalue weighted by Gasteiger charge is -2.45. The third-order valence-electron chi connectivity index (χ3n) is 8.11. The maximum Gasteiger partial charge on any atom is 0.353 e. The minimum Gasteiger partial charge on any atom is -0.467 e. The van der Waals surface area contributed by atoms with Gasteiger partial charge in [0.2, 0.25) is 5.91 Å². The highest BCUT2D eigenvalue weighted by Gasteiger charge is 2.35. The van der Waals surface area contributed by atoms with E-state index in [0.29, 0.717) is 41.2 Å². The molecule has 0 aliphatic carbocycles. The highest BCUT2D eigenvalue weighted by molar-refractivity contribution is 6.37. The van der Waals surface area contributed by atoms with Crippen molar-refractivity contribution in [2.45, 2.75) is 65.5 Å². The Hall–Kier alpha value is -4.38. The first kappa shape index (κ1) is 32.0. The van der Waals surface area contributed by atoms with Crippen molar-refractivity contribution in [3.8, 4) is 23.0 Å². The number of fused-ring (bicyclic) bond motifs is 1. The van der Waals surface area contributed by atoms with Crippen LogP contribution in [-0.4, -0.2) is 67.6 Å². The van der Waals surface area contributed by atoms with Crippen molar-refractivity contribution in [2.75, 3.05) is 25.1 Å². The van der Waals surface area contributed by atoms with E-state index in [0.717, 1.165) is 0 Å². The number of methoxy groups -OCH3 is 1. The number of hydrogen-bond donors (Lipinski definition) is 0. The number of nitrogens with zero attached hydrogens (tertiary/aromatic N) is 7. The SMILES string of the molecule is C=CC(=O)N1C[C@H](C)N(c2c(Cl)c(-c3ccccc3F)nc3c2cnc(=O)n3-c2c(C(C)C)nc(OC)nc2C(C)C)C[C@H]1C. The van der Waals surface area contributed by atoms with Crippen molar-refractivity contribution in [3.63, 3.8) is 0 Å². The molecule has 45 heavy (non-hydrogen) atoms. The van der Waals surface area contributed by atoms with Gasteiger partial charge in [-0.1, -0.05) is 58.0 Å². The number of ether oxygens (including phenoxy) is 1. The maximum atomic E-state index is 15.4. The number of amides is 1. The van der Waals surface area contributed by atoms with Crippen LogP contribution in [0.2, 0.25) is 5.02 Å². The molecule has 4 heterocycles. The van der Waals surface area contributed by atoms with E-state index in [1.54, 1.807) is 23.1 Å².